The second-order valence-corrected chi connectivity index (χ2v) is 7.89. The molecule has 0 saturated carbocycles. The molecule has 3 rings (SSSR count). The van der Waals surface area contributed by atoms with E-state index < -0.39 is 32.5 Å². The Bertz CT molecular complexity index is 945. The van der Waals surface area contributed by atoms with Crippen LogP contribution in [0, 0.1) is 11.6 Å². The minimum atomic E-state index is -4.41. The first-order chi connectivity index (χ1) is 12.9. The molecule has 1 heterocycles. The Labute approximate surface area is 156 Å². The fourth-order valence-corrected chi connectivity index (χ4v) is 4.06. The number of hydrogen-bond donors (Lipinski definition) is 3. The molecule has 0 aromatic heterocycles. The second kappa shape index (κ2) is 8.01. The number of hydrogen-bond acceptors (Lipinski definition) is 4. The molecule has 6 nitrogen and oxygen atoms in total. The zero-order valence-electron chi connectivity index (χ0n) is 14.3. The summed E-state index contributed by atoms with van der Waals surface area (Å²) in [6.45, 7) is 1.52. The maximum Gasteiger partial charge on any atom is 0.264 e. The number of rotatable bonds is 5. The number of halogens is 2. The van der Waals surface area contributed by atoms with Crippen molar-refractivity contribution >= 4 is 21.6 Å². The number of amides is 1. The predicted octanol–water partition coefficient (Wildman–Crippen LogP) is 2.25. The van der Waals surface area contributed by atoms with Crippen molar-refractivity contribution in [3.63, 3.8) is 0 Å². The summed E-state index contributed by atoms with van der Waals surface area (Å²) in [6.07, 6.45) is 1.75. The van der Waals surface area contributed by atoms with E-state index in [1.165, 1.54) is 12.1 Å². The molecule has 27 heavy (non-hydrogen) atoms. The minimum absolute atomic E-state index is 0.0116. The average molecular weight is 395 g/mol. The van der Waals surface area contributed by atoms with Crippen molar-refractivity contribution in [2.75, 3.05) is 17.8 Å². The van der Waals surface area contributed by atoms with Crippen molar-refractivity contribution < 1.29 is 22.0 Å². The summed E-state index contributed by atoms with van der Waals surface area (Å²) in [4.78, 5) is 11.7. The van der Waals surface area contributed by atoms with Gasteiger partial charge in [-0.2, -0.15) is 0 Å². The summed E-state index contributed by atoms with van der Waals surface area (Å²) in [6, 6.07) is 8.08. The van der Waals surface area contributed by atoms with Crippen LogP contribution in [0.5, 0.6) is 0 Å². The molecule has 1 atom stereocenters. The van der Waals surface area contributed by atoms with Gasteiger partial charge in [0, 0.05) is 12.6 Å². The van der Waals surface area contributed by atoms with Crippen LogP contribution in [0.15, 0.2) is 47.4 Å². The molecule has 0 radical (unpaired) electrons. The number of sulfonamides is 1. The fraction of sp³-hybridized carbons (Fsp3) is 0.278. The summed E-state index contributed by atoms with van der Waals surface area (Å²) < 4.78 is 54.4. The maximum atomic E-state index is 13.9. The van der Waals surface area contributed by atoms with Crippen LogP contribution in [-0.2, 0) is 10.0 Å². The number of nitrogens with one attached hydrogen (secondary N) is 3. The smallest absolute Gasteiger partial charge is 0.264 e. The highest BCUT2D eigenvalue weighted by Crippen LogP contribution is 2.23. The average Bonchev–Trinajstić information content (AvgIpc) is 2.64. The molecule has 3 N–H and O–H groups in total. The lowest BCUT2D eigenvalue weighted by Crippen LogP contribution is -2.45. The Balaban J connectivity index is 1.85. The second-order valence-electron chi connectivity index (χ2n) is 6.24. The molecule has 0 bridgehead atoms. The lowest BCUT2D eigenvalue weighted by molar-refractivity contribution is 0.0931. The van der Waals surface area contributed by atoms with Gasteiger partial charge in [-0.15, -0.1) is 0 Å². The van der Waals surface area contributed by atoms with Crippen LogP contribution in [0.4, 0.5) is 14.5 Å². The summed E-state index contributed by atoms with van der Waals surface area (Å²) in [5.74, 6) is -2.41. The molecule has 1 aliphatic rings. The van der Waals surface area contributed by atoms with E-state index in [0.717, 1.165) is 31.5 Å². The molecule has 1 fully saturated rings. The first kappa shape index (κ1) is 19.2. The van der Waals surface area contributed by atoms with Gasteiger partial charge in [-0.3, -0.25) is 9.52 Å². The molecular weight excluding hydrogens is 376 g/mol. The molecule has 0 spiro atoms. The molecule has 1 aliphatic heterocycles. The van der Waals surface area contributed by atoms with E-state index in [-0.39, 0.29) is 17.3 Å². The van der Waals surface area contributed by atoms with Crippen molar-refractivity contribution in [1.82, 2.24) is 10.6 Å². The standard InChI is InChI=1S/C18H19F2N3O3S/c19-12-7-8-15(20)17(10-12)27(25,26)23-16-6-2-1-5-14(16)18(24)22-13-4-3-9-21-11-13/h1-2,5-8,10,13,21,23H,3-4,9,11H2,(H,22,24)/t13-/m0/s1. The zero-order valence-corrected chi connectivity index (χ0v) is 15.2. The first-order valence-electron chi connectivity index (χ1n) is 8.45. The van der Waals surface area contributed by atoms with Gasteiger partial charge in [0.15, 0.2) is 0 Å². The molecule has 9 heteroatoms. The van der Waals surface area contributed by atoms with Gasteiger partial charge in [0.1, 0.15) is 16.5 Å². The third-order valence-electron chi connectivity index (χ3n) is 4.23. The van der Waals surface area contributed by atoms with Crippen LogP contribution in [0.1, 0.15) is 23.2 Å². The Hall–Kier alpha value is -2.52. The van der Waals surface area contributed by atoms with Gasteiger partial charge < -0.3 is 10.6 Å². The van der Waals surface area contributed by atoms with E-state index >= 15 is 0 Å². The van der Waals surface area contributed by atoms with E-state index in [0.29, 0.717) is 12.6 Å². The summed E-state index contributed by atoms with van der Waals surface area (Å²) in [7, 11) is -4.41. The summed E-state index contributed by atoms with van der Waals surface area (Å²) in [5, 5.41) is 6.03. The monoisotopic (exact) mass is 395 g/mol. The van der Waals surface area contributed by atoms with Crippen molar-refractivity contribution in [1.29, 1.82) is 0 Å². The number of piperidine rings is 1. The van der Waals surface area contributed by atoms with Crippen LogP contribution < -0.4 is 15.4 Å². The molecule has 2 aromatic rings. The van der Waals surface area contributed by atoms with Gasteiger partial charge in [0.2, 0.25) is 0 Å². The van der Waals surface area contributed by atoms with Crippen LogP contribution in [0.3, 0.4) is 0 Å². The van der Waals surface area contributed by atoms with Crippen molar-refractivity contribution in [2.45, 2.75) is 23.8 Å². The number of carbonyl (C=O) groups is 1. The zero-order chi connectivity index (χ0) is 19.4. The fourth-order valence-electron chi connectivity index (χ4n) is 2.89. The minimum Gasteiger partial charge on any atom is -0.348 e. The van der Waals surface area contributed by atoms with E-state index in [1.807, 2.05) is 0 Å². The molecule has 144 valence electrons. The van der Waals surface area contributed by atoms with Crippen molar-refractivity contribution in [2.24, 2.45) is 0 Å². The van der Waals surface area contributed by atoms with E-state index in [4.69, 9.17) is 0 Å². The Morgan fingerprint density at radius 2 is 1.93 bits per heavy atom. The molecule has 1 amide bonds. The van der Waals surface area contributed by atoms with Crippen molar-refractivity contribution in [3.05, 3.63) is 59.7 Å². The van der Waals surface area contributed by atoms with Crippen LogP contribution >= 0.6 is 0 Å². The van der Waals surface area contributed by atoms with E-state index in [1.54, 1.807) is 12.1 Å². The van der Waals surface area contributed by atoms with Crippen molar-refractivity contribution in [3.8, 4) is 0 Å². The number of anilines is 1. The number of para-hydroxylation sites is 1. The molecule has 0 unspecified atom stereocenters. The van der Waals surface area contributed by atoms with Gasteiger partial charge >= 0.3 is 0 Å². The first-order valence-corrected chi connectivity index (χ1v) is 9.93. The number of carbonyl (C=O) groups excluding carboxylic acids is 1. The van der Waals surface area contributed by atoms with Gasteiger partial charge in [0.05, 0.1) is 11.3 Å². The Morgan fingerprint density at radius 1 is 1.15 bits per heavy atom. The topological polar surface area (TPSA) is 87.3 Å². The lowest BCUT2D eigenvalue weighted by atomic mass is 10.1. The predicted molar refractivity (Wildman–Crippen MR) is 97.0 cm³/mol. The molecule has 0 aliphatic carbocycles. The largest absolute Gasteiger partial charge is 0.348 e. The molecule has 1 saturated heterocycles. The highest BCUT2D eigenvalue weighted by Gasteiger charge is 2.23. The third-order valence-corrected chi connectivity index (χ3v) is 5.61. The SMILES string of the molecule is O=C(N[C@H]1CCCNC1)c1ccccc1NS(=O)(=O)c1cc(F)ccc1F. The summed E-state index contributed by atoms with van der Waals surface area (Å²) in [5.41, 5.74) is 0.0888. The maximum absolute atomic E-state index is 13.9. The van der Waals surface area contributed by atoms with Gasteiger partial charge in [-0.05, 0) is 49.7 Å². The van der Waals surface area contributed by atoms with E-state index in [9.17, 15) is 22.0 Å². The van der Waals surface area contributed by atoms with Gasteiger partial charge in [-0.25, -0.2) is 17.2 Å². The third kappa shape index (κ3) is 4.61. The number of benzene rings is 2. The van der Waals surface area contributed by atoms with Crippen LogP contribution in [0.2, 0.25) is 0 Å². The summed E-state index contributed by atoms with van der Waals surface area (Å²) >= 11 is 0. The molecule has 2 aromatic carbocycles. The Kier molecular flexibility index (Phi) is 5.71. The van der Waals surface area contributed by atoms with Gasteiger partial charge in [-0.1, -0.05) is 12.1 Å². The quantitative estimate of drug-likeness (QED) is 0.725. The highest BCUT2D eigenvalue weighted by molar-refractivity contribution is 7.92. The van der Waals surface area contributed by atoms with Gasteiger partial charge in [0.25, 0.3) is 15.9 Å². The highest BCUT2D eigenvalue weighted by atomic mass is 32.2. The lowest BCUT2D eigenvalue weighted by Gasteiger charge is -2.24. The molecular formula is C18H19F2N3O3S. The van der Waals surface area contributed by atoms with Crippen LogP contribution in [0.25, 0.3) is 0 Å². The van der Waals surface area contributed by atoms with E-state index in [2.05, 4.69) is 15.4 Å². The van der Waals surface area contributed by atoms with Crippen LogP contribution in [-0.4, -0.2) is 33.5 Å². The normalized spacial score (nSPS) is 17.3. The Morgan fingerprint density at radius 3 is 2.67 bits per heavy atom.